The number of benzene rings is 4. The molecule has 5 aromatic rings. The Morgan fingerprint density at radius 2 is 1.34 bits per heavy atom. The van der Waals surface area contributed by atoms with E-state index in [9.17, 15) is 5.11 Å². The predicted octanol–water partition coefficient (Wildman–Crippen LogP) is 4.07. The van der Waals surface area contributed by atoms with Crippen LogP contribution in [0.15, 0.2) is 103 Å². The fourth-order valence-electron chi connectivity index (χ4n) is 4.93. The zero-order valence-electron chi connectivity index (χ0n) is 20.1. The lowest BCUT2D eigenvalue weighted by Gasteiger charge is -2.18. The molecule has 1 heterocycles. The van der Waals surface area contributed by atoms with E-state index in [-0.39, 0.29) is 12.4 Å². The van der Waals surface area contributed by atoms with Crippen molar-refractivity contribution in [3.05, 3.63) is 114 Å². The van der Waals surface area contributed by atoms with Crippen molar-refractivity contribution in [3.8, 4) is 22.4 Å². The minimum absolute atomic E-state index is 0. The monoisotopic (exact) mass is 481 g/mol. The summed E-state index contributed by atoms with van der Waals surface area (Å²) in [6.45, 7) is 5.30. The van der Waals surface area contributed by atoms with E-state index in [0.29, 0.717) is 13.1 Å². The van der Waals surface area contributed by atoms with Gasteiger partial charge in [-0.2, -0.15) is 0 Å². The number of aromatic nitrogens is 1. The van der Waals surface area contributed by atoms with Crippen molar-refractivity contribution < 1.29 is 17.5 Å². The number of nitrogens with one attached hydrogen (secondary N) is 1. The Bertz CT molecular complexity index is 1400. The predicted molar refractivity (Wildman–Crippen MR) is 143 cm³/mol. The topological polar surface area (TPSA) is 37.2 Å². The van der Waals surface area contributed by atoms with Crippen LogP contribution in [0.25, 0.3) is 33.3 Å². The SMILES string of the molecule is Cc1cc(C)c2c(c1)c(-c1ccccc1)c(-c1ccccc1)n2CC(O)CNc1ccccc1.[Cl-]. The van der Waals surface area contributed by atoms with E-state index in [1.807, 2.05) is 36.4 Å². The normalized spacial score (nSPS) is 11.7. The number of hydrogen-bond acceptors (Lipinski definition) is 2. The molecule has 0 aliphatic heterocycles. The smallest absolute Gasteiger partial charge is 0.0891 e. The van der Waals surface area contributed by atoms with Gasteiger partial charge in [0.05, 0.1) is 23.9 Å². The molecule has 178 valence electrons. The molecule has 2 N–H and O–H groups in total. The van der Waals surface area contributed by atoms with Crippen molar-refractivity contribution in [2.45, 2.75) is 26.5 Å². The summed E-state index contributed by atoms with van der Waals surface area (Å²) in [6.07, 6.45) is -0.553. The summed E-state index contributed by atoms with van der Waals surface area (Å²) in [4.78, 5) is 0. The van der Waals surface area contributed by atoms with Gasteiger partial charge in [-0.3, -0.25) is 0 Å². The Labute approximate surface area is 213 Å². The van der Waals surface area contributed by atoms with Crippen molar-refractivity contribution in [2.75, 3.05) is 11.9 Å². The Morgan fingerprint density at radius 3 is 1.97 bits per heavy atom. The van der Waals surface area contributed by atoms with Crippen LogP contribution >= 0.6 is 0 Å². The van der Waals surface area contributed by atoms with Crippen molar-refractivity contribution >= 4 is 16.6 Å². The maximum absolute atomic E-state index is 11.1. The summed E-state index contributed by atoms with van der Waals surface area (Å²) in [5, 5.41) is 15.7. The fraction of sp³-hybridized carbons (Fsp3) is 0.161. The van der Waals surface area contributed by atoms with Gasteiger partial charge in [0.15, 0.2) is 0 Å². The van der Waals surface area contributed by atoms with E-state index in [0.717, 1.165) is 16.9 Å². The Morgan fingerprint density at radius 1 is 0.771 bits per heavy atom. The summed E-state index contributed by atoms with van der Waals surface area (Å²) in [5.41, 5.74) is 9.36. The summed E-state index contributed by atoms with van der Waals surface area (Å²) in [6, 6.07) is 35.7. The molecule has 4 aromatic carbocycles. The van der Waals surface area contributed by atoms with E-state index in [4.69, 9.17) is 0 Å². The van der Waals surface area contributed by atoms with Gasteiger partial charge in [-0.1, -0.05) is 90.5 Å². The molecule has 0 aliphatic carbocycles. The van der Waals surface area contributed by atoms with E-state index in [1.54, 1.807) is 0 Å². The van der Waals surface area contributed by atoms with Gasteiger partial charge >= 0.3 is 0 Å². The van der Waals surface area contributed by atoms with Crippen LogP contribution in [0, 0.1) is 13.8 Å². The number of fused-ring (bicyclic) bond motifs is 1. The number of aliphatic hydroxyl groups excluding tert-OH is 1. The summed E-state index contributed by atoms with van der Waals surface area (Å²) in [7, 11) is 0. The highest BCUT2D eigenvalue weighted by atomic mass is 35.5. The van der Waals surface area contributed by atoms with Gasteiger partial charge in [0, 0.05) is 23.2 Å². The van der Waals surface area contributed by atoms with E-state index in [2.05, 4.69) is 90.5 Å². The van der Waals surface area contributed by atoms with Gasteiger partial charge in [-0.25, -0.2) is 0 Å². The third-order valence-electron chi connectivity index (χ3n) is 6.31. The molecular weight excluding hydrogens is 452 g/mol. The second-order valence-corrected chi connectivity index (χ2v) is 8.94. The first-order chi connectivity index (χ1) is 16.6. The van der Waals surface area contributed by atoms with Gasteiger partial charge in [0.1, 0.15) is 0 Å². The minimum Gasteiger partial charge on any atom is -1.00 e. The van der Waals surface area contributed by atoms with Crippen LogP contribution in [-0.2, 0) is 6.54 Å². The van der Waals surface area contributed by atoms with Gasteiger partial charge in [0.2, 0.25) is 0 Å². The van der Waals surface area contributed by atoms with Gasteiger partial charge in [0.25, 0.3) is 0 Å². The number of hydrogen-bond donors (Lipinski definition) is 2. The minimum atomic E-state index is -0.553. The summed E-state index contributed by atoms with van der Waals surface area (Å²) < 4.78 is 2.32. The van der Waals surface area contributed by atoms with E-state index < -0.39 is 6.10 Å². The average molecular weight is 482 g/mol. The number of aryl methyl sites for hydroxylation is 2. The molecule has 0 aliphatic rings. The molecule has 4 heteroatoms. The maximum atomic E-state index is 11.1. The number of rotatable bonds is 7. The standard InChI is InChI=1S/C31H30N2O.ClH/c1-22-18-23(2)30-28(19-22)29(24-12-6-3-7-13-24)31(25-14-8-4-9-15-25)33(30)21-27(34)20-32-26-16-10-5-11-17-26;/h3-19,27,32,34H,20-21H2,1-2H3;1H/p-1. The number of aliphatic hydroxyl groups is 1. The van der Waals surface area contributed by atoms with Crippen molar-refractivity contribution in [2.24, 2.45) is 0 Å². The average Bonchev–Trinajstić information content (AvgIpc) is 3.18. The zero-order chi connectivity index (χ0) is 23.5. The van der Waals surface area contributed by atoms with Crippen LogP contribution < -0.4 is 17.7 Å². The lowest BCUT2D eigenvalue weighted by molar-refractivity contribution is -0.00000879. The van der Waals surface area contributed by atoms with E-state index in [1.165, 1.54) is 33.2 Å². The molecule has 0 bridgehead atoms. The molecule has 1 unspecified atom stereocenters. The molecule has 1 aromatic heterocycles. The first-order valence-electron chi connectivity index (χ1n) is 11.8. The number of anilines is 1. The Balaban J connectivity index is 0.00000289. The third-order valence-corrected chi connectivity index (χ3v) is 6.31. The molecule has 0 fully saturated rings. The third kappa shape index (κ3) is 5.12. The molecule has 3 nitrogen and oxygen atoms in total. The second kappa shape index (κ2) is 10.8. The van der Waals surface area contributed by atoms with Crippen molar-refractivity contribution in [1.29, 1.82) is 0 Å². The Kier molecular flexibility index (Phi) is 7.60. The van der Waals surface area contributed by atoms with Gasteiger partial charge < -0.3 is 27.4 Å². The van der Waals surface area contributed by atoms with Gasteiger partial charge in [-0.15, -0.1) is 0 Å². The molecular formula is C31H30ClN2O-. The fourth-order valence-corrected chi connectivity index (χ4v) is 4.93. The van der Waals surface area contributed by atoms with Crippen LogP contribution in [0.5, 0.6) is 0 Å². The summed E-state index contributed by atoms with van der Waals surface area (Å²) >= 11 is 0. The number of nitrogens with zero attached hydrogens (tertiary/aromatic N) is 1. The van der Waals surface area contributed by atoms with Crippen LogP contribution in [0.2, 0.25) is 0 Å². The lowest BCUT2D eigenvalue weighted by Crippen LogP contribution is -3.00. The quantitative estimate of drug-likeness (QED) is 0.368. The van der Waals surface area contributed by atoms with Crippen LogP contribution in [0.4, 0.5) is 5.69 Å². The molecule has 0 saturated heterocycles. The molecule has 0 saturated carbocycles. The highest BCUT2D eigenvalue weighted by Crippen LogP contribution is 2.42. The van der Waals surface area contributed by atoms with Gasteiger partial charge in [-0.05, 0) is 48.7 Å². The molecule has 1 atom stereocenters. The van der Waals surface area contributed by atoms with Crippen molar-refractivity contribution in [1.82, 2.24) is 4.57 Å². The Hall–Kier alpha value is -3.53. The first-order valence-corrected chi connectivity index (χ1v) is 11.8. The molecule has 0 spiro atoms. The summed E-state index contributed by atoms with van der Waals surface area (Å²) in [5.74, 6) is 0. The van der Waals surface area contributed by atoms with E-state index >= 15 is 0 Å². The van der Waals surface area contributed by atoms with Crippen molar-refractivity contribution in [3.63, 3.8) is 0 Å². The number of halogens is 1. The maximum Gasteiger partial charge on any atom is 0.0891 e. The molecule has 0 amide bonds. The lowest BCUT2D eigenvalue weighted by atomic mass is 9.97. The highest BCUT2D eigenvalue weighted by Gasteiger charge is 2.23. The highest BCUT2D eigenvalue weighted by molar-refractivity contribution is 6.06. The first kappa shape index (κ1) is 24.6. The second-order valence-electron chi connectivity index (χ2n) is 8.94. The molecule has 5 rings (SSSR count). The van der Waals surface area contributed by atoms with Crippen LogP contribution in [0.1, 0.15) is 11.1 Å². The molecule has 35 heavy (non-hydrogen) atoms. The molecule has 0 radical (unpaired) electrons. The van der Waals surface area contributed by atoms with Crippen LogP contribution in [-0.4, -0.2) is 22.3 Å². The number of para-hydroxylation sites is 1. The zero-order valence-corrected chi connectivity index (χ0v) is 20.8. The van der Waals surface area contributed by atoms with Crippen LogP contribution in [0.3, 0.4) is 0 Å². The largest absolute Gasteiger partial charge is 1.00 e.